The number of hydrogen-bond acceptors (Lipinski definition) is 4. The Kier molecular flexibility index (Phi) is 4.61. The van der Waals surface area contributed by atoms with Crippen molar-refractivity contribution >= 4 is 23.5 Å². The van der Waals surface area contributed by atoms with E-state index < -0.39 is 23.1 Å². The van der Waals surface area contributed by atoms with Crippen molar-refractivity contribution in [2.24, 2.45) is 0 Å². The van der Waals surface area contributed by atoms with E-state index in [-0.39, 0.29) is 35.2 Å². The zero-order chi connectivity index (χ0) is 19.8. The lowest BCUT2D eigenvalue weighted by molar-refractivity contribution is -0.129. The summed E-state index contributed by atoms with van der Waals surface area (Å²) in [6.45, 7) is 1.61. The molecule has 9 heteroatoms. The highest BCUT2D eigenvalue weighted by Crippen LogP contribution is 2.32. The molecule has 7 nitrogen and oxygen atoms in total. The normalized spacial score (nSPS) is 19.6. The molecular weight excluding hydrogens is 356 g/mol. The molecule has 140 valence electrons. The van der Waals surface area contributed by atoms with Gasteiger partial charge in [-0.1, -0.05) is 0 Å². The molecule has 0 aliphatic carbocycles. The summed E-state index contributed by atoms with van der Waals surface area (Å²) in [6, 6.07) is 6.28. The molecule has 27 heavy (non-hydrogen) atoms. The maximum Gasteiger partial charge on any atom is 0.274 e. The number of rotatable bonds is 3. The lowest BCUT2D eigenvalue weighted by Gasteiger charge is -2.39. The summed E-state index contributed by atoms with van der Waals surface area (Å²) in [4.78, 5) is 29.2. The van der Waals surface area contributed by atoms with Crippen molar-refractivity contribution in [3.05, 3.63) is 59.4 Å². The Hall–Kier alpha value is -3.36. The number of hydrogen-bond donors (Lipinski definition) is 3. The molecule has 0 radical (unpaired) electrons. The minimum Gasteiger partial charge on any atom is -0.346 e. The number of halogens is 2. The van der Waals surface area contributed by atoms with Crippen molar-refractivity contribution in [1.29, 1.82) is 5.41 Å². The van der Waals surface area contributed by atoms with Crippen LogP contribution in [0.25, 0.3) is 0 Å². The van der Waals surface area contributed by atoms with Gasteiger partial charge in [-0.3, -0.25) is 19.9 Å². The molecule has 2 aromatic rings. The van der Waals surface area contributed by atoms with Gasteiger partial charge in [-0.05, 0) is 37.3 Å². The lowest BCUT2D eigenvalue weighted by Crippen LogP contribution is -2.58. The Morgan fingerprint density at radius 1 is 1.33 bits per heavy atom. The van der Waals surface area contributed by atoms with Crippen LogP contribution in [0.1, 0.15) is 29.4 Å². The quantitative estimate of drug-likeness (QED) is 0.768. The van der Waals surface area contributed by atoms with Gasteiger partial charge in [0.15, 0.2) is 5.96 Å². The molecule has 1 aliphatic heterocycles. The first-order valence-corrected chi connectivity index (χ1v) is 8.06. The first kappa shape index (κ1) is 18.4. The van der Waals surface area contributed by atoms with Crippen molar-refractivity contribution in [2.75, 3.05) is 12.4 Å². The van der Waals surface area contributed by atoms with Crippen LogP contribution in [0.3, 0.4) is 0 Å². The summed E-state index contributed by atoms with van der Waals surface area (Å²) >= 11 is 0. The Balaban J connectivity index is 1.88. The third-order valence-electron chi connectivity index (χ3n) is 4.39. The van der Waals surface area contributed by atoms with Crippen LogP contribution in [0.4, 0.5) is 14.5 Å². The van der Waals surface area contributed by atoms with Gasteiger partial charge in [0.1, 0.15) is 17.3 Å². The van der Waals surface area contributed by atoms with Crippen LogP contribution in [0.5, 0.6) is 0 Å². The number of pyridine rings is 1. The van der Waals surface area contributed by atoms with E-state index in [1.807, 2.05) is 0 Å². The average Bonchev–Trinajstić information content (AvgIpc) is 2.61. The van der Waals surface area contributed by atoms with E-state index in [0.717, 1.165) is 17.2 Å². The minimum atomic E-state index is -1.14. The summed E-state index contributed by atoms with van der Waals surface area (Å²) in [6.07, 6.45) is 0.866. The molecule has 1 fully saturated rings. The fourth-order valence-electron chi connectivity index (χ4n) is 2.83. The van der Waals surface area contributed by atoms with Crippen LogP contribution in [-0.2, 0) is 10.3 Å². The SMILES string of the molecule is CN1C(=N)N[C@](C)(c2cc(NC(=O)c3ccc(F)cn3)ccc2F)CC1=O. The monoisotopic (exact) mass is 373 g/mol. The van der Waals surface area contributed by atoms with Gasteiger partial charge in [0, 0.05) is 18.3 Å². The number of anilines is 1. The maximum atomic E-state index is 14.5. The number of amides is 2. The van der Waals surface area contributed by atoms with E-state index in [1.165, 1.54) is 31.3 Å². The number of carbonyl (C=O) groups excluding carboxylic acids is 2. The third-order valence-corrected chi connectivity index (χ3v) is 4.39. The van der Waals surface area contributed by atoms with Crippen molar-refractivity contribution in [2.45, 2.75) is 18.9 Å². The molecule has 2 heterocycles. The highest BCUT2D eigenvalue weighted by molar-refractivity contribution is 6.03. The molecule has 2 amide bonds. The first-order chi connectivity index (χ1) is 12.7. The van der Waals surface area contributed by atoms with Gasteiger partial charge in [-0.25, -0.2) is 13.8 Å². The second-order valence-electron chi connectivity index (χ2n) is 6.45. The Morgan fingerprint density at radius 2 is 2.07 bits per heavy atom. The van der Waals surface area contributed by atoms with E-state index in [0.29, 0.717) is 0 Å². The predicted molar refractivity (Wildman–Crippen MR) is 94.1 cm³/mol. The van der Waals surface area contributed by atoms with Gasteiger partial charge >= 0.3 is 0 Å². The van der Waals surface area contributed by atoms with Crippen LogP contribution in [0.2, 0.25) is 0 Å². The topological polar surface area (TPSA) is 98.2 Å². The first-order valence-electron chi connectivity index (χ1n) is 8.06. The average molecular weight is 373 g/mol. The Bertz CT molecular complexity index is 912. The van der Waals surface area contributed by atoms with E-state index in [9.17, 15) is 18.4 Å². The largest absolute Gasteiger partial charge is 0.346 e. The molecule has 0 unspecified atom stereocenters. The molecule has 1 aromatic heterocycles. The maximum absolute atomic E-state index is 14.5. The van der Waals surface area contributed by atoms with E-state index in [2.05, 4.69) is 15.6 Å². The van der Waals surface area contributed by atoms with Crippen LogP contribution < -0.4 is 10.6 Å². The summed E-state index contributed by atoms with van der Waals surface area (Å²) in [5.74, 6) is -2.20. The summed E-state index contributed by atoms with van der Waals surface area (Å²) in [7, 11) is 1.46. The number of nitrogens with zero attached hydrogens (tertiary/aromatic N) is 2. The predicted octanol–water partition coefficient (Wildman–Crippen LogP) is 2.21. The van der Waals surface area contributed by atoms with E-state index >= 15 is 0 Å². The second kappa shape index (κ2) is 6.75. The zero-order valence-electron chi connectivity index (χ0n) is 14.6. The molecule has 0 saturated carbocycles. The van der Waals surface area contributed by atoms with E-state index in [1.54, 1.807) is 6.92 Å². The molecule has 3 N–H and O–H groups in total. The summed E-state index contributed by atoms with van der Waals surface area (Å²) in [5, 5.41) is 13.3. The van der Waals surface area contributed by atoms with Crippen molar-refractivity contribution in [3.8, 4) is 0 Å². The van der Waals surface area contributed by atoms with Gasteiger partial charge in [-0.2, -0.15) is 0 Å². The molecule has 1 saturated heterocycles. The smallest absolute Gasteiger partial charge is 0.274 e. The summed E-state index contributed by atoms with van der Waals surface area (Å²) in [5.41, 5.74) is -0.718. The fraction of sp³-hybridized carbons (Fsp3) is 0.222. The minimum absolute atomic E-state index is 0.00265. The van der Waals surface area contributed by atoms with Crippen molar-refractivity contribution < 1.29 is 18.4 Å². The summed E-state index contributed by atoms with van der Waals surface area (Å²) < 4.78 is 27.4. The Morgan fingerprint density at radius 3 is 2.70 bits per heavy atom. The highest BCUT2D eigenvalue weighted by Gasteiger charge is 2.39. The third kappa shape index (κ3) is 3.62. The lowest BCUT2D eigenvalue weighted by atomic mass is 9.86. The van der Waals surface area contributed by atoms with Crippen LogP contribution in [-0.4, -0.2) is 34.7 Å². The highest BCUT2D eigenvalue weighted by atomic mass is 19.1. The van der Waals surface area contributed by atoms with Gasteiger partial charge in [0.05, 0.1) is 18.2 Å². The van der Waals surface area contributed by atoms with Crippen molar-refractivity contribution in [1.82, 2.24) is 15.2 Å². The standard InChI is InChI=1S/C18H17F2N5O2/c1-18(8-15(26)25(2)17(21)24-18)12-7-11(4-5-13(12)20)23-16(27)14-6-3-10(19)9-22-14/h3-7,9H,8H2,1-2H3,(H2,21,24)(H,23,27)/t18-/m0/s1. The van der Waals surface area contributed by atoms with Crippen LogP contribution in [0.15, 0.2) is 36.5 Å². The molecule has 0 spiro atoms. The van der Waals surface area contributed by atoms with Gasteiger partial charge in [0.25, 0.3) is 5.91 Å². The van der Waals surface area contributed by atoms with Crippen LogP contribution in [0, 0.1) is 17.0 Å². The zero-order valence-corrected chi connectivity index (χ0v) is 14.6. The van der Waals surface area contributed by atoms with Crippen molar-refractivity contribution in [3.63, 3.8) is 0 Å². The molecule has 1 aliphatic rings. The van der Waals surface area contributed by atoms with Crippen LogP contribution >= 0.6 is 0 Å². The van der Waals surface area contributed by atoms with E-state index in [4.69, 9.17) is 5.41 Å². The molecule has 0 bridgehead atoms. The number of nitrogens with one attached hydrogen (secondary N) is 3. The number of benzene rings is 1. The molecular formula is C18H17F2N5O2. The molecule has 3 rings (SSSR count). The fourth-order valence-corrected chi connectivity index (χ4v) is 2.83. The number of guanidine groups is 1. The van der Waals surface area contributed by atoms with Gasteiger partial charge in [0.2, 0.25) is 5.91 Å². The van der Waals surface area contributed by atoms with Gasteiger partial charge < -0.3 is 10.6 Å². The number of carbonyl (C=O) groups is 2. The number of aromatic nitrogens is 1. The Labute approximate surface area is 153 Å². The molecule has 1 atom stereocenters. The molecule has 1 aromatic carbocycles. The van der Waals surface area contributed by atoms with Gasteiger partial charge in [-0.15, -0.1) is 0 Å². The second-order valence-corrected chi connectivity index (χ2v) is 6.45.